The smallest absolute Gasteiger partial charge is 0.0950 e. The van der Waals surface area contributed by atoms with Gasteiger partial charge < -0.3 is 5.73 Å². The fraction of sp³-hybridized carbons (Fsp3) is 0.550. The van der Waals surface area contributed by atoms with Gasteiger partial charge in [0.25, 0.3) is 0 Å². The lowest BCUT2D eigenvalue weighted by atomic mass is 9.89. The molecule has 1 aromatic heterocycles. The summed E-state index contributed by atoms with van der Waals surface area (Å²) in [5.41, 5.74) is 12.2. The normalized spacial score (nSPS) is 21.6. The first-order chi connectivity index (χ1) is 11.2. The molecule has 2 aliphatic rings. The first kappa shape index (κ1) is 15.3. The number of fused-ring (bicyclic) bond motifs is 2. The van der Waals surface area contributed by atoms with E-state index in [1.54, 1.807) is 0 Å². The van der Waals surface area contributed by atoms with E-state index < -0.39 is 0 Å². The highest BCUT2D eigenvalue weighted by molar-refractivity contribution is 7.11. The highest BCUT2D eigenvalue weighted by atomic mass is 32.1. The van der Waals surface area contributed by atoms with Crippen LogP contribution in [0.15, 0.2) is 18.2 Å². The molecule has 2 nitrogen and oxygen atoms in total. The topological polar surface area (TPSA) is 38.9 Å². The van der Waals surface area contributed by atoms with Crippen LogP contribution in [0.25, 0.3) is 0 Å². The van der Waals surface area contributed by atoms with Crippen LogP contribution in [0.4, 0.5) is 0 Å². The fourth-order valence-corrected chi connectivity index (χ4v) is 5.31. The van der Waals surface area contributed by atoms with Crippen molar-refractivity contribution >= 4 is 11.3 Å². The standard InChI is InChI=1S/C20H26N2S/c1-13-6-9-18-19(10-13)23-20(22-18)12-17(21)16-8-7-14-4-2-3-5-15(14)11-16/h7-8,11,13,17H,2-6,9-10,12,21H2,1H3. The van der Waals surface area contributed by atoms with Crippen LogP contribution in [0.5, 0.6) is 0 Å². The van der Waals surface area contributed by atoms with Crippen LogP contribution >= 0.6 is 11.3 Å². The monoisotopic (exact) mass is 326 g/mol. The summed E-state index contributed by atoms with van der Waals surface area (Å²) in [6.07, 6.45) is 9.65. The van der Waals surface area contributed by atoms with Crippen molar-refractivity contribution in [3.8, 4) is 0 Å². The Morgan fingerprint density at radius 2 is 2.04 bits per heavy atom. The van der Waals surface area contributed by atoms with Crippen molar-refractivity contribution in [2.75, 3.05) is 0 Å². The summed E-state index contributed by atoms with van der Waals surface area (Å²) in [4.78, 5) is 6.39. The maximum atomic E-state index is 6.51. The predicted molar refractivity (Wildman–Crippen MR) is 97.0 cm³/mol. The Morgan fingerprint density at radius 1 is 1.22 bits per heavy atom. The van der Waals surface area contributed by atoms with Crippen LogP contribution in [0.2, 0.25) is 0 Å². The molecule has 0 bridgehead atoms. The van der Waals surface area contributed by atoms with Gasteiger partial charge in [0.15, 0.2) is 0 Å². The van der Waals surface area contributed by atoms with E-state index in [1.165, 1.54) is 70.8 Å². The van der Waals surface area contributed by atoms with Crippen LogP contribution in [-0.2, 0) is 32.1 Å². The summed E-state index contributed by atoms with van der Waals surface area (Å²) in [7, 11) is 0. The molecule has 3 heteroatoms. The van der Waals surface area contributed by atoms with E-state index >= 15 is 0 Å². The van der Waals surface area contributed by atoms with E-state index in [4.69, 9.17) is 10.7 Å². The lowest BCUT2D eigenvalue weighted by molar-refractivity contribution is 0.501. The first-order valence-electron chi connectivity index (χ1n) is 9.04. The van der Waals surface area contributed by atoms with Crippen molar-refractivity contribution in [1.82, 2.24) is 4.98 Å². The third-order valence-corrected chi connectivity index (χ3v) is 6.57. The zero-order chi connectivity index (χ0) is 15.8. The number of aryl methyl sites for hydroxylation is 3. The Hall–Kier alpha value is -1.19. The van der Waals surface area contributed by atoms with Crippen molar-refractivity contribution in [3.05, 3.63) is 50.5 Å². The van der Waals surface area contributed by atoms with Crippen LogP contribution in [0, 0.1) is 5.92 Å². The Kier molecular flexibility index (Phi) is 4.25. The molecule has 23 heavy (non-hydrogen) atoms. The van der Waals surface area contributed by atoms with Crippen molar-refractivity contribution in [1.29, 1.82) is 0 Å². The van der Waals surface area contributed by atoms with Gasteiger partial charge in [-0.05, 0) is 67.6 Å². The molecule has 2 aliphatic carbocycles. The molecule has 2 N–H and O–H groups in total. The second kappa shape index (κ2) is 6.37. The second-order valence-electron chi connectivity index (χ2n) is 7.37. The van der Waals surface area contributed by atoms with Gasteiger partial charge in [0.1, 0.15) is 0 Å². The van der Waals surface area contributed by atoms with Crippen molar-refractivity contribution in [3.63, 3.8) is 0 Å². The molecular weight excluding hydrogens is 300 g/mol. The third-order valence-electron chi connectivity index (χ3n) is 5.43. The SMILES string of the molecule is CC1CCc2nc(CC(N)c3ccc4c(c3)CCCC4)sc2C1. The average Bonchev–Trinajstić information content (AvgIpc) is 2.95. The number of aromatic nitrogens is 1. The van der Waals surface area contributed by atoms with Gasteiger partial charge in [0, 0.05) is 17.3 Å². The highest BCUT2D eigenvalue weighted by Crippen LogP contribution is 2.32. The number of thiazole rings is 1. The molecule has 2 aromatic rings. The molecular formula is C20H26N2S. The number of hydrogen-bond acceptors (Lipinski definition) is 3. The maximum Gasteiger partial charge on any atom is 0.0950 e. The third kappa shape index (κ3) is 3.22. The summed E-state index contributed by atoms with van der Waals surface area (Å²) in [6, 6.07) is 6.98. The largest absolute Gasteiger partial charge is 0.324 e. The zero-order valence-electron chi connectivity index (χ0n) is 14.0. The number of nitrogens with zero attached hydrogens (tertiary/aromatic N) is 1. The van der Waals surface area contributed by atoms with Crippen LogP contribution in [-0.4, -0.2) is 4.98 Å². The minimum absolute atomic E-state index is 0.0762. The Morgan fingerprint density at radius 3 is 2.91 bits per heavy atom. The summed E-state index contributed by atoms with van der Waals surface area (Å²) in [6.45, 7) is 2.35. The molecule has 122 valence electrons. The van der Waals surface area contributed by atoms with Crippen molar-refractivity contribution < 1.29 is 0 Å². The van der Waals surface area contributed by atoms with E-state index in [0.717, 1.165) is 18.8 Å². The summed E-state index contributed by atoms with van der Waals surface area (Å²) >= 11 is 1.90. The van der Waals surface area contributed by atoms with Gasteiger partial charge in [0.2, 0.25) is 0 Å². The average molecular weight is 327 g/mol. The number of rotatable bonds is 3. The van der Waals surface area contributed by atoms with E-state index in [-0.39, 0.29) is 6.04 Å². The molecule has 4 rings (SSSR count). The van der Waals surface area contributed by atoms with Gasteiger partial charge in [0.05, 0.1) is 10.7 Å². The van der Waals surface area contributed by atoms with Gasteiger partial charge in [-0.15, -0.1) is 11.3 Å². The van der Waals surface area contributed by atoms with E-state index in [2.05, 4.69) is 25.1 Å². The molecule has 0 saturated carbocycles. The Labute approximate surface area is 143 Å². The molecule has 0 amide bonds. The van der Waals surface area contributed by atoms with Gasteiger partial charge in [-0.3, -0.25) is 0 Å². The lowest BCUT2D eigenvalue weighted by Crippen LogP contribution is -2.15. The zero-order valence-corrected chi connectivity index (χ0v) is 14.8. The molecule has 0 radical (unpaired) electrons. The second-order valence-corrected chi connectivity index (χ2v) is 8.54. The minimum Gasteiger partial charge on any atom is -0.324 e. The van der Waals surface area contributed by atoms with Gasteiger partial charge >= 0.3 is 0 Å². The summed E-state index contributed by atoms with van der Waals surface area (Å²) in [5, 5.41) is 1.23. The maximum absolute atomic E-state index is 6.51. The Balaban J connectivity index is 1.50. The molecule has 1 aromatic carbocycles. The van der Waals surface area contributed by atoms with E-state index in [1.807, 2.05) is 11.3 Å². The molecule has 0 fully saturated rings. The molecule has 2 atom stereocenters. The molecule has 2 unspecified atom stereocenters. The van der Waals surface area contributed by atoms with Gasteiger partial charge in [-0.25, -0.2) is 4.98 Å². The van der Waals surface area contributed by atoms with Crippen LogP contribution < -0.4 is 5.73 Å². The minimum atomic E-state index is 0.0762. The fourth-order valence-electron chi connectivity index (χ4n) is 3.97. The highest BCUT2D eigenvalue weighted by Gasteiger charge is 2.21. The quantitative estimate of drug-likeness (QED) is 0.908. The van der Waals surface area contributed by atoms with Gasteiger partial charge in [-0.1, -0.05) is 25.1 Å². The molecule has 0 spiro atoms. The van der Waals surface area contributed by atoms with Gasteiger partial charge in [-0.2, -0.15) is 0 Å². The first-order valence-corrected chi connectivity index (χ1v) is 9.85. The molecule has 1 heterocycles. The summed E-state index contributed by atoms with van der Waals surface area (Å²) in [5.74, 6) is 0.810. The molecule has 0 aliphatic heterocycles. The van der Waals surface area contributed by atoms with Crippen LogP contribution in [0.1, 0.15) is 64.5 Å². The number of hydrogen-bond donors (Lipinski definition) is 1. The predicted octanol–water partition coefficient (Wildman–Crippen LogP) is 4.39. The Bertz CT molecular complexity index is 704. The molecule has 0 saturated heterocycles. The van der Waals surface area contributed by atoms with Crippen LogP contribution in [0.3, 0.4) is 0 Å². The lowest BCUT2D eigenvalue weighted by Gasteiger charge is -2.18. The van der Waals surface area contributed by atoms with E-state index in [9.17, 15) is 0 Å². The summed E-state index contributed by atoms with van der Waals surface area (Å²) < 4.78 is 0. The number of benzene rings is 1. The van der Waals surface area contributed by atoms with Crippen molar-refractivity contribution in [2.45, 2.75) is 64.3 Å². The van der Waals surface area contributed by atoms with Crippen molar-refractivity contribution in [2.24, 2.45) is 11.7 Å². The number of nitrogens with two attached hydrogens (primary N) is 1. The van der Waals surface area contributed by atoms with E-state index in [0.29, 0.717) is 0 Å².